The normalized spacial score (nSPS) is 12.7. The van der Waals surface area contributed by atoms with Crippen molar-refractivity contribution in [2.45, 2.75) is 52.5 Å². The molecule has 0 bridgehead atoms. The van der Waals surface area contributed by atoms with E-state index in [1.54, 1.807) is 12.3 Å². The highest BCUT2D eigenvalue weighted by Crippen LogP contribution is 2.39. The van der Waals surface area contributed by atoms with Crippen LogP contribution in [0.5, 0.6) is 5.75 Å². The minimum Gasteiger partial charge on any atom is -0.484 e. The first-order valence-electron chi connectivity index (χ1n) is 11.3. The van der Waals surface area contributed by atoms with E-state index in [2.05, 4.69) is 31.1 Å². The van der Waals surface area contributed by atoms with Gasteiger partial charge in [-0.25, -0.2) is 4.98 Å². The summed E-state index contributed by atoms with van der Waals surface area (Å²) in [6.07, 6.45) is 3.14. The lowest BCUT2D eigenvalue weighted by Crippen LogP contribution is -2.35. The molecule has 0 radical (unpaired) electrons. The van der Waals surface area contributed by atoms with Crippen molar-refractivity contribution in [2.24, 2.45) is 5.73 Å². The van der Waals surface area contributed by atoms with Crippen molar-refractivity contribution in [3.8, 4) is 16.3 Å². The predicted molar refractivity (Wildman–Crippen MR) is 140 cm³/mol. The summed E-state index contributed by atoms with van der Waals surface area (Å²) in [7, 11) is 0. The lowest BCUT2D eigenvalue weighted by atomic mass is 10.1. The van der Waals surface area contributed by atoms with Gasteiger partial charge in [0.25, 0.3) is 5.91 Å². The first-order valence-corrected chi connectivity index (χ1v) is 12.5. The standard InChI is InChI=1S/C26H29ClN4O3S/c1-15(18-7-5-16(9-19(18)27)11-30-26(2,3)4)34-21-10-22(35-24(21)25(28)33)20-12-29-23-8-6-17(14-32)13-31(20)23/h5-10,12-13,15,30,32H,11,14H2,1-4H3,(H2,28,33). The van der Waals surface area contributed by atoms with Crippen LogP contribution in [0.15, 0.2) is 48.8 Å². The van der Waals surface area contributed by atoms with E-state index >= 15 is 0 Å². The van der Waals surface area contributed by atoms with Crippen LogP contribution < -0.4 is 15.8 Å². The minimum atomic E-state index is -0.567. The second-order valence-corrected chi connectivity index (χ2v) is 10.9. The number of nitrogens with one attached hydrogen (secondary N) is 1. The van der Waals surface area contributed by atoms with Gasteiger partial charge in [0.1, 0.15) is 22.4 Å². The molecule has 4 rings (SSSR count). The zero-order valence-corrected chi connectivity index (χ0v) is 21.7. The molecule has 1 amide bonds. The third-order valence-electron chi connectivity index (χ3n) is 5.55. The minimum absolute atomic E-state index is 0.00384. The number of fused-ring (bicyclic) bond motifs is 1. The summed E-state index contributed by atoms with van der Waals surface area (Å²) in [5.74, 6) is -0.171. The van der Waals surface area contributed by atoms with E-state index in [0.29, 0.717) is 22.2 Å². The van der Waals surface area contributed by atoms with Crippen LogP contribution in [0.1, 0.15) is 60.2 Å². The lowest BCUT2D eigenvalue weighted by Gasteiger charge is -2.21. The molecule has 184 valence electrons. The number of imidazole rings is 1. The molecule has 0 aliphatic heterocycles. The number of carbonyl (C=O) groups is 1. The van der Waals surface area contributed by atoms with Crippen molar-refractivity contribution >= 4 is 34.5 Å². The smallest absolute Gasteiger partial charge is 0.262 e. The first-order chi connectivity index (χ1) is 16.6. The summed E-state index contributed by atoms with van der Waals surface area (Å²) in [4.78, 5) is 17.7. The van der Waals surface area contributed by atoms with Gasteiger partial charge in [-0.1, -0.05) is 29.8 Å². The van der Waals surface area contributed by atoms with Crippen molar-refractivity contribution in [1.82, 2.24) is 14.7 Å². The van der Waals surface area contributed by atoms with Crippen LogP contribution in [0, 0.1) is 0 Å². The summed E-state index contributed by atoms with van der Waals surface area (Å²) in [6, 6.07) is 11.3. The van der Waals surface area contributed by atoms with Crippen molar-refractivity contribution in [3.05, 3.63) is 75.4 Å². The van der Waals surface area contributed by atoms with Gasteiger partial charge in [0.2, 0.25) is 0 Å². The van der Waals surface area contributed by atoms with Gasteiger partial charge in [-0.05, 0) is 51.0 Å². The molecule has 0 spiro atoms. The number of amides is 1. The van der Waals surface area contributed by atoms with Crippen molar-refractivity contribution in [2.75, 3.05) is 0 Å². The lowest BCUT2D eigenvalue weighted by molar-refractivity contribution is 0.0998. The van der Waals surface area contributed by atoms with E-state index in [-0.39, 0.29) is 12.1 Å². The van der Waals surface area contributed by atoms with E-state index in [1.807, 2.05) is 47.9 Å². The molecular formula is C26H29ClN4O3S. The number of aliphatic hydroxyl groups is 1. The van der Waals surface area contributed by atoms with Crippen LogP contribution in [-0.4, -0.2) is 25.9 Å². The van der Waals surface area contributed by atoms with Gasteiger partial charge in [0, 0.05) is 34.9 Å². The van der Waals surface area contributed by atoms with Crippen molar-refractivity contribution in [1.29, 1.82) is 0 Å². The summed E-state index contributed by atoms with van der Waals surface area (Å²) < 4.78 is 8.07. The summed E-state index contributed by atoms with van der Waals surface area (Å²) in [5, 5.41) is 13.5. The number of primary amides is 1. The zero-order chi connectivity index (χ0) is 25.3. The van der Waals surface area contributed by atoms with Crippen LogP contribution in [0.4, 0.5) is 0 Å². The Bertz CT molecular complexity index is 1370. The number of carbonyl (C=O) groups excluding carboxylic acids is 1. The monoisotopic (exact) mass is 512 g/mol. The summed E-state index contributed by atoms with van der Waals surface area (Å²) in [5.41, 5.74) is 9.83. The Labute approximate surface area is 213 Å². The Morgan fingerprint density at radius 1 is 1.26 bits per heavy atom. The molecule has 0 fully saturated rings. The number of halogens is 1. The molecule has 1 aromatic carbocycles. The van der Waals surface area contributed by atoms with E-state index in [4.69, 9.17) is 22.1 Å². The molecule has 4 N–H and O–H groups in total. The number of aromatic nitrogens is 2. The Morgan fingerprint density at radius 2 is 2.00 bits per heavy atom. The van der Waals surface area contributed by atoms with Crippen molar-refractivity contribution < 1.29 is 14.6 Å². The van der Waals surface area contributed by atoms with E-state index in [9.17, 15) is 9.90 Å². The van der Waals surface area contributed by atoms with E-state index in [1.165, 1.54) is 11.3 Å². The van der Waals surface area contributed by atoms with Crippen LogP contribution in [0.2, 0.25) is 5.02 Å². The predicted octanol–water partition coefficient (Wildman–Crippen LogP) is 5.34. The van der Waals surface area contributed by atoms with Gasteiger partial charge in [0.05, 0.1) is 23.4 Å². The second-order valence-electron chi connectivity index (χ2n) is 9.45. The highest BCUT2D eigenvalue weighted by molar-refractivity contribution is 7.17. The molecule has 3 aromatic heterocycles. The van der Waals surface area contributed by atoms with Gasteiger partial charge in [-0.3, -0.25) is 9.20 Å². The molecule has 0 aliphatic rings. The number of aliphatic hydroxyl groups excluding tert-OH is 1. The van der Waals surface area contributed by atoms with Crippen LogP contribution in [0.25, 0.3) is 16.2 Å². The fourth-order valence-electron chi connectivity index (χ4n) is 3.69. The topological polar surface area (TPSA) is 102 Å². The maximum atomic E-state index is 12.2. The Hall–Kier alpha value is -2.91. The molecule has 0 saturated heterocycles. The SMILES string of the molecule is CC(Oc1cc(-c2cnc3ccc(CO)cn23)sc1C(N)=O)c1ccc(CNC(C)(C)C)cc1Cl. The van der Waals surface area contributed by atoms with E-state index < -0.39 is 12.0 Å². The zero-order valence-electron chi connectivity index (χ0n) is 20.1. The number of nitrogens with two attached hydrogens (primary N) is 1. The molecular weight excluding hydrogens is 484 g/mol. The quantitative estimate of drug-likeness (QED) is 0.296. The van der Waals surface area contributed by atoms with Gasteiger partial charge >= 0.3 is 0 Å². The van der Waals surface area contributed by atoms with Gasteiger partial charge in [0.15, 0.2) is 0 Å². The number of hydrogen-bond acceptors (Lipinski definition) is 6. The van der Waals surface area contributed by atoms with Gasteiger partial charge < -0.3 is 20.9 Å². The number of hydrogen-bond donors (Lipinski definition) is 3. The third kappa shape index (κ3) is 5.67. The Kier molecular flexibility index (Phi) is 7.19. The van der Waals surface area contributed by atoms with Crippen LogP contribution >= 0.6 is 22.9 Å². The molecule has 4 aromatic rings. The highest BCUT2D eigenvalue weighted by atomic mass is 35.5. The molecule has 7 nitrogen and oxygen atoms in total. The molecule has 1 atom stereocenters. The summed E-state index contributed by atoms with van der Waals surface area (Å²) >= 11 is 7.84. The van der Waals surface area contributed by atoms with Crippen LogP contribution in [0.3, 0.4) is 0 Å². The number of rotatable bonds is 8. The van der Waals surface area contributed by atoms with Crippen LogP contribution in [-0.2, 0) is 13.2 Å². The van der Waals surface area contributed by atoms with E-state index in [0.717, 1.165) is 32.9 Å². The number of thiophene rings is 1. The number of ether oxygens (including phenoxy) is 1. The second kappa shape index (κ2) is 9.99. The molecule has 9 heteroatoms. The fourth-order valence-corrected chi connectivity index (χ4v) is 5.00. The molecule has 35 heavy (non-hydrogen) atoms. The average Bonchev–Trinajstić information content (AvgIpc) is 3.40. The molecule has 0 aliphatic carbocycles. The maximum Gasteiger partial charge on any atom is 0.262 e. The third-order valence-corrected chi connectivity index (χ3v) is 7.03. The van der Waals surface area contributed by atoms with Gasteiger partial charge in [-0.15, -0.1) is 11.3 Å². The van der Waals surface area contributed by atoms with Crippen molar-refractivity contribution in [3.63, 3.8) is 0 Å². The summed E-state index contributed by atoms with van der Waals surface area (Å²) in [6.45, 7) is 8.85. The number of pyridine rings is 1. The molecule has 3 heterocycles. The van der Waals surface area contributed by atoms with Gasteiger partial charge in [-0.2, -0.15) is 0 Å². The Morgan fingerprint density at radius 3 is 2.66 bits per heavy atom. The average molecular weight is 513 g/mol. The Balaban J connectivity index is 1.61. The molecule has 0 saturated carbocycles. The number of benzene rings is 1. The number of nitrogens with zero attached hydrogens (tertiary/aromatic N) is 2. The fraction of sp³-hybridized carbons (Fsp3) is 0.308. The highest BCUT2D eigenvalue weighted by Gasteiger charge is 2.22. The maximum absolute atomic E-state index is 12.2. The first kappa shape index (κ1) is 25.2. The largest absolute Gasteiger partial charge is 0.484 e. The molecule has 1 unspecified atom stereocenters.